The largest absolute Gasteiger partial charge is 0.392 e. The van der Waals surface area contributed by atoms with Gasteiger partial charge in [0.25, 0.3) is 9.70 Å². The number of carbonyl (C=O) groups is 1. The van der Waals surface area contributed by atoms with E-state index in [1.165, 1.54) is 19.3 Å². The highest BCUT2D eigenvalue weighted by Crippen LogP contribution is 2.53. The van der Waals surface area contributed by atoms with E-state index in [1.54, 1.807) is 0 Å². The van der Waals surface area contributed by atoms with Gasteiger partial charge in [-0.3, -0.25) is 9.69 Å². The van der Waals surface area contributed by atoms with Crippen LogP contribution in [0.5, 0.6) is 0 Å². The second-order valence-electron chi connectivity index (χ2n) is 12.9. The third-order valence-corrected chi connectivity index (χ3v) is 9.05. The molecule has 1 amide bonds. The van der Waals surface area contributed by atoms with Gasteiger partial charge in [-0.25, -0.2) is 0 Å². The third-order valence-electron chi connectivity index (χ3n) is 8.54. The molecule has 218 valence electrons. The number of alkyl halides is 3. The summed E-state index contributed by atoms with van der Waals surface area (Å²) in [6.07, 6.45) is 3.85. The van der Waals surface area contributed by atoms with Gasteiger partial charge in [-0.2, -0.15) is 0 Å². The van der Waals surface area contributed by atoms with Crippen molar-refractivity contribution < 1.29 is 19.4 Å². The number of aliphatic hydroxyl groups is 1. The first-order chi connectivity index (χ1) is 18.8. The number of benzene rings is 2. The Morgan fingerprint density at radius 2 is 1.65 bits per heavy atom. The molecule has 2 N–H and O–H groups in total. The van der Waals surface area contributed by atoms with E-state index in [-0.39, 0.29) is 25.4 Å². The van der Waals surface area contributed by atoms with Crippen molar-refractivity contribution in [2.24, 2.45) is 10.8 Å². The molecule has 2 saturated heterocycles. The first-order valence-corrected chi connectivity index (χ1v) is 15.1. The molecule has 5 atom stereocenters. The number of nitrogens with one attached hydrogen (secondary N) is 1. The van der Waals surface area contributed by atoms with Crippen molar-refractivity contribution in [3.63, 3.8) is 0 Å². The van der Waals surface area contributed by atoms with Crippen molar-refractivity contribution >= 4 is 40.7 Å². The number of ether oxygens (including phenoxy) is 2. The molecular formula is C31H39Cl3N2O4. The molecule has 9 heteroatoms. The lowest BCUT2D eigenvalue weighted by Crippen LogP contribution is -2.42. The van der Waals surface area contributed by atoms with E-state index in [0.29, 0.717) is 16.9 Å². The number of likely N-dealkylation sites (tertiary alicyclic amines) is 1. The average molecular weight is 610 g/mol. The monoisotopic (exact) mass is 608 g/mol. The predicted molar refractivity (Wildman–Crippen MR) is 158 cm³/mol. The van der Waals surface area contributed by atoms with Crippen LogP contribution in [0.25, 0.3) is 0 Å². The smallest absolute Gasteiger partial charge is 0.272 e. The molecular weight excluding hydrogens is 571 g/mol. The Bertz CT molecular complexity index is 1180. The van der Waals surface area contributed by atoms with E-state index >= 15 is 0 Å². The summed E-state index contributed by atoms with van der Waals surface area (Å²) in [7, 11) is 0. The van der Waals surface area contributed by atoms with Crippen LogP contribution in [0.2, 0.25) is 0 Å². The van der Waals surface area contributed by atoms with Gasteiger partial charge in [0.1, 0.15) is 0 Å². The molecule has 5 rings (SSSR count). The third kappa shape index (κ3) is 7.15. The number of hydrogen-bond acceptors (Lipinski definition) is 5. The molecule has 2 heterocycles. The van der Waals surface area contributed by atoms with Crippen molar-refractivity contribution in [2.75, 3.05) is 13.1 Å². The summed E-state index contributed by atoms with van der Waals surface area (Å²) < 4.78 is 11.1. The highest BCUT2D eigenvalue weighted by atomic mass is 35.6. The molecule has 1 aliphatic carbocycles. The minimum Gasteiger partial charge on any atom is -0.392 e. The Hall–Kier alpha value is -1.38. The zero-order chi connectivity index (χ0) is 28.7. The minimum absolute atomic E-state index is 0.00980. The van der Waals surface area contributed by atoms with Crippen molar-refractivity contribution in [1.29, 1.82) is 0 Å². The first kappa shape index (κ1) is 30.1. The molecule has 2 aromatic rings. The number of nitrogens with zero attached hydrogens (tertiary/aromatic N) is 1. The van der Waals surface area contributed by atoms with Crippen LogP contribution in [0.15, 0.2) is 48.5 Å². The van der Waals surface area contributed by atoms with E-state index < -0.39 is 16.0 Å². The molecule has 6 nitrogen and oxygen atoms in total. The fraction of sp³-hybridized carbons (Fsp3) is 0.581. The SMILES string of the molecule is CC1(C)CC2CC(C)(CN2C[C@H]2C[C@@H](c3ccc(CO)cc3)O[C@@H](c3ccc(CNC(=O)C(Cl)(Cl)Cl)cc3)O2)C1. The summed E-state index contributed by atoms with van der Waals surface area (Å²) in [6, 6.07) is 16.3. The maximum Gasteiger partial charge on any atom is 0.272 e. The van der Waals surface area contributed by atoms with Gasteiger partial charge in [0.2, 0.25) is 0 Å². The second kappa shape index (κ2) is 11.7. The lowest BCUT2D eigenvalue weighted by Gasteiger charge is -2.41. The van der Waals surface area contributed by atoms with E-state index in [2.05, 4.69) is 31.0 Å². The molecule has 3 aliphatic rings. The van der Waals surface area contributed by atoms with Gasteiger partial charge < -0.3 is 19.9 Å². The van der Waals surface area contributed by atoms with Crippen molar-refractivity contribution in [3.8, 4) is 0 Å². The number of halogens is 3. The van der Waals surface area contributed by atoms with Crippen molar-refractivity contribution in [3.05, 3.63) is 70.8 Å². The maximum atomic E-state index is 11.9. The van der Waals surface area contributed by atoms with Crippen LogP contribution >= 0.6 is 34.8 Å². The van der Waals surface area contributed by atoms with Gasteiger partial charge in [0.15, 0.2) is 6.29 Å². The second-order valence-corrected chi connectivity index (χ2v) is 15.2. The molecule has 40 heavy (non-hydrogen) atoms. The number of carbonyl (C=O) groups excluding carboxylic acids is 1. The Morgan fingerprint density at radius 1 is 1.00 bits per heavy atom. The average Bonchev–Trinajstić information content (AvgIpc) is 3.13. The van der Waals surface area contributed by atoms with Crippen LogP contribution in [0.1, 0.15) is 81.1 Å². The zero-order valence-corrected chi connectivity index (χ0v) is 25.6. The Balaban J connectivity index is 1.32. The quantitative estimate of drug-likeness (QED) is 0.346. The highest BCUT2D eigenvalue weighted by Gasteiger charge is 2.50. The Morgan fingerprint density at radius 3 is 2.30 bits per heavy atom. The van der Waals surface area contributed by atoms with E-state index in [0.717, 1.165) is 41.8 Å². The number of hydrogen-bond donors (Lipinski definition) is 2. The summed E-state index contributed by atoms with van der Waals surface area (Å²) in [5.41, 5.74) is 4.46. The topological polar surface area (TPSA) is 71.0 Å². The Labute approximate surface area is 252 Å². The van der Waals surface area contributed by atoms with Crippen LogP contribution in [0.3, 0.4) is 0 Å². The predicted octanol–water partition coefficient (Wildman–Crippen LogP) is 6.61. The summed E-state index contributed by atoms with van der Waals surface area (Å²) in [5, 5.41) is 12.1. The van der Waals surface area contributed by atoms with Gasteiger partial charge in [0, 0.05) is 37.7 Å². The van der Waals surface area contributed by atoms with Crippen LogP contribution in [0.4, 0.5) is 0 Å². The minimum atomic E-state index is -2.00. The summed E-state index contributed by atoms with van der Waals surface area (Å²) in [4.78, 5) is 14.6. The molecule has 0 spiro atoms. The maximum absolute atomic E-state index is 11.9. The van der Waals surface area contributed by atoms with Crippen LogP contribution < -0.4 is 5.32 Å². The Kier molecular flexibility index (Phi) is 8.81. The fourth-order valence-electron chi connectivity index (χ4n) is 7.16. The van der Waals surface area contributed by atoms with Crippen molar-refractivity contribution in [2.45, 2.75) is 87.9 Å². The van der Waals surface area contributed by atoms with E-state index in [4.69, 9.17) is 44.3 Å². The van der Waals surface area contributed by atoms with Gasteiger partial charge in [-0.05, 0) is 46.8 Å². The van der Waals surface area contributed by atoms with Gasteiger partial charge >= 0.3 is 0 Å². The summed E-state index contributed by atoms with van der Waals surface area (Å²) in [6.45, 7) is 9.49. The van der Waals surface area contributed by atoms with Gasteiger partial charge in [0.05, 0.1) is 18.8 Å². The van der Waals surface area contributed by atoms with Gasteiger partial charge in [-0.15, -0.1) is 0 Å². The number of amides is 1. The molecule has 2 aromatic carbocycles. The lowest BCUT2D eigenvalue weighted by atomic mass is 9.65. The van der Waals surface area contributed by atoms with Crippen molar-refractivity contribution in [1.82, 2.24) is 10.2 Å². The highest BCUT2D eigenvalue weighted by molar-refractivity contribution is 6.76. The number of rotatable bonds is 7. The van der Waals surface area contributed by atoms with E-state index in [1.807, 2.05) is 48.5 Å². The van der Waals surface area contributed by atoms with Crippen LogP contribution in [-0.4, -0.2) is 44.9 Å². The summed E-state index contributed by atoms with van der Waals surface area (Å²) >= 11 is 17.0. The van der Waals surface area contributed by atoms with Crippen LogP contribution in [0, 0.1) is 10.8 Å². The molecule has 2 unspecified atom stereocenters. The first-order valence-electron chi connectivity index (χ1n) is 14.0. The van der Waals surface area contributed by atoms with E-state index in [9.17, 15) is 9.90 Å². The number of aliphatic hydroxyl groups excluding tert-OH is 1. The standard InChI is InChI=1S/C31H39Cl3N2O4/c1-29(2)13-24-14-30(3,18-29)19-36(24)16-25-12-26(22-8-6-21(17-37)7-9-22)40-27(39-25)23-10-4-20(5-11-23)15-35-28(38)31(32,33)34/h4-11,24-27,37H,12-19H2,1-3H3,(H,35,38)/t24?,25-,26+,27+,30?/m1/s1. The van der Waals surface area contributed by atoms with Crippen LogP contribution in [-0.2, 0) is 27.4 Å². The molecule has 0 aromatic heterocycles. The molecule has 2 aliphatic heterocycles. The summed E-state index contributed by atoms with van der Waals surface area (Å²) in [5.74, 6) is -0.665. The number of fused-ring (bicyclic) bond motifs is 2. The fourth-order valence-corrected chi connectivity index (χ4v) is 7.36. The molecule has 1 saturated carbocycles. The lowest BCUT2D eigenvalue weighted by molar-refractivity contribution is -0.253. The molecule has 3 fully saturated rings. The normalized spacial score (nSPS) is 30.3. The molecule has 2 bridgehead atoms. The molecule has 0 radical (unpaired) electrons. The zero-order valence-electron chi connectivity index (χ0n) is 23.3. The van der Waals surface area contributed by atoms with Gasteiger partial charge in [-0.1, -0.05) is 104 Å².